The van der Waals surface area contributed by atoms with Crippen LogP contribution in [0.4, 0.5) is 24.8 Å². The Hall–Kier alpha value is -2.68. The minimum absolute atomic E-state index is 0.0485. The molecular formula is C19H22F3N5O. The average molecular weight is 393 g/mol. The van der Waals surface area contributed by atoms with Crippen molar-refractivity contribution in [2.24, 2.45) is 0 Å². The molecule has 1 amide bonds. The summed E-state index contributed by atoms with van der Waals surface area (Å²) < 4.78 is 38.5. The highest BCUT2D eigenvalue weighted by Crippen LogP contribution is 2.31. The summed E-state index contributed by atoms with van der Waals surface area (Å²) in [4.78, 5) is 24.5. The van der Waals surface area contributed by atoms with Gasteiger partial charge in [0.1, 0.15) is 0 Å². The minimum atomic E-state index is -4.49. The molecule has 0 bridgehead atoms. The van der Waals surface area contributed by atoms with E-state index >= 15 is 0 Å². The lowest BCUT2D eigenvalue weighted by Crippen LogP contribution is -2.47. The lowest BCUT2D eigenvalue weighted by Gasteiger charge is -2.32. The third-order valence-electron chi connectivity index (χ3n) is 4.80. The first kappa shape index (κ1) is 20.1. The Labute approximate surface area is 161 Å². The lowest BCUT2D eigenvalue weighted by molar-refractivity contribution is -0.138. The van der Waals surface area contributed by atoms with E-state index in [4.69, 9.17) is 0 Å². The molecule has 3 rings (SSSR count). The molecule has 1 N–H and O–H groups in total. The van der Waals surface area contributed by atoms with Crippen LogP contribution < -0.4 is 5.32 Å². The molecule has 2 heterocycles. The minimum Gasteiger partial charge on any atom is -0.336 e. The Morgan fingerprint density at radius 2 is 1.82 bits per heavy atom. The molecule has 1 aromatic heterocycles. The van der Waals surface area contributed by atoms with Crippen molar-refractivity contribution >= 4 is 17.5 Å². The third kappa shape index (κ3) is 4.41. The number of anilines is 2. The highest BCUT2D eigenvalue weighted by Gasteiger charge is 2.33. The molecule has 0 spiro atoms. The van der Waals surface area contributed by atoms with Crippen molar-refractivity contribution in [3.63, 3.8) is 0 Å². The van der Waals surface area contributed by atoms with Crippen molar-refractivity contribution < 1.29 is 18.0 Å². The standard InChI is InChI=1S/C19H22F3N5O/c1-12-4-5-14(10-15(12)17(28)27-8-6-26(3)7-9-27)25-18-23-11-16(13(2)24-18)19(20,21)22/h4-5,10-11H,6-9H2,1-3H3,(H,23,24,25). The second-order valence-corrected chi connectivity index (χ2v) is 6.94. The summed E-state index contributed by atoms with van der Waals surface area (Å²) in [6, 6.07) is 5.22. The number of rotatable bonds is 3. The zero-order valence-corrected chi connectivity index (χ0v) is 16.0. The van der Waals surface area contributed by atoms with Crippen LogP contribution in [0, 0.1) is 13.8 Å². The van der Waals surface area contributed by atoms with Gasteiger partial charge in [-0.15, -0.1) is 0 Å². The number of hydrogen-bond acceptors (Lipinski definition) is 5. The third-order valence-corrected chi connectivity index (χ3v) is 4.80. The van der Waals surface area contributed by atoms with E-state index in [2.05, 4.69) is 20.2 Å². The van der Waals surface area contributed by atoms with Gasteiger partial charge in [0.25, 0.3) is 5.91 Å². The number of hydrogen-bond donors (Lipinski definition) is 1. The van der Waals surface area contributed by atoms with Gasteiger partial charge in [0.05, 0.1) is 11.3 Å². The number of nitrogens with one attached hydrogen (secondary N) is 1. The molecule has 6 nitrogen and oxygen atoms in total. The predicted molar refractivity (Wildman–Crippen MR) is 99.6 cm³/mol. The number of piperazine rings is 1. The zero-order valence-electron chi connectivity index (χ0n) is 16.0. The van der Waals surface area contributed by atoms with Crippen molar-refractivity contribution in [1.29, 1.82) is 0 Å². The number of benzene rings is 1. The molecule has 1 aliphatic rings. The monoisotopic (exact) mass is 393 g/mol. The van der Waals surface area contributed by atoms with Crippen LogP contribution in [0.3, 0.4) is 0 Å². The van der Waals surface area contributed by atoms with E-state index in [-0.39, 0.29) is 17.5 Å². The maximum absolute atomic E-state index is 12.9. The molecule has 2 aromatic rings. The Morgan fingerprint density at radius 3 is 2.43 bits per heavy atom. The van der Waals surface area contributed by atoms with E-state index in [0.717, 1.165) is 24.8 Å². The Balaban J connectivity index is 1.80. The molecule has 1 aromatic carbocycles. The highest BCUT2D eigenvalue weighted by atomic mass is 19.4. The number of aryl methyl sites for hydroxylation is 2. The van der Waals surface area contributed by atoms with Gasteiger partial charge in [-0.2, -0.15) is 13.2 Å². The maximum atomic E-state index is 12.9. The van der Waals surface area contributed by atoms with Crippen LogP contribution in [0.15, 0.2) is 24.4 Å². The van der Waals surface area contributed by atoms with Crippen molar-refractivity contribution in [2.45, 2.75) is 20.0 Å². The molecule has 1 aliphatic heterocycles. The summed E-state index contributed by atoms with van der Waals surface area (Å²) in [6.45, 7) is 6.10. The van der Waals surface area contributed by atoms with E-state index in [9.17, 15) is 18.0 Å². The summed E-state index contributed by atoms with van der Waals surface area (Å²) in [6.07, 6.45) is -3.73. The van der Waals surface area contributed by atoms with Crippen LogP contribution in [0.5, 0.6) is 0 Å². The number of likely N-dealkylation sites (N-methyl/N-ethyl adjacent to an activating group) is 1. The van der Waals surface area contributed by atoms with Crippen LogP contribution in [-0.4, -0.2) is 58.9 Å². The van der Waals surface area contributed by atoms with Crippen LogP contribution in [0.2, 0.25) is 0 Å². The van der Waals surface area contributed by atoms with Gasteiger partial charge in [0, 0.05) is 43.6 Å². The first-order valence-corrected chi connectivity index (χ1v) is 8.91. The van der Waals surface area contributed by atoms with E-state index in [1.807, 2.05) is 18.9 Å². The van der Waals surface area contributed by atoms with Crippen molar-refractivity contribution in [1.82, 2.24) is 19.8 Å². The fourth-order valence-corrected chi connectivity index (χ4v) is 3.04. The van der Waals surface area contributed by atoms with Crippen LogP contribution in [0.25, 0.3) is 0 Å². The topological polar surface area (TPSA) is 61.4 Å². The predicted octanol–water partition coefficient (Wildman–Crippen LogP) is 3.24. The summed E-state index contributed by atoms with van der Waals surface area (Å²) in [5, 5.41) is 2.89. The van der Waals surface area contributed by atoms with Crippen LogP contribution in [0.1, 0.15) is 27.2 Å². The molecule has 0 radical (unpaired) electrons. The molecule has 9 heteroatoms. The molecule has 1 saturated heterocycles. The number of alkyl halides is 3. The number of amides is 1. The van der Waals surface area contributed by atoms with Crippen LogP contribution >= 0.6 is 0 Å². The SMILES string of the molecule is Cc1ccc(Nc2ncc(C(F)(F)F)c(C)n2)cc1C(=O)N1CCN(C)CC1. The summed E-state index contributed by atoms with van der Waals surface area (Å²) in [7, 11) is 2.02. The highest BCUT2D eigenvalue weighted by molar-refractivity contribution is 5.96. The second-order valence-electron chi connectivity index (χ2n) is 6.94. The second kappa shape index (κ2) is 7.75. The van der Waals surface area contributed by atoms with Crippen LogP contribution in [-0.2, 0) is 6.18 Å². The number of halogens is 3. The zero-order chi connectivity index (χ0) is 20.5. The summed E-state index contributed by atoms with van der Waals surface area (Å²) >= 11 is 0. The Kier molecular flexibility index (Phi) is 5.55. The van der Waals surface area contributed by atoms with Gasteiger partial charge in [-0.25, -0.2) is 9.97 Å². The van der Waals surface area contributed by atoms with Gasteiger partial charge in [0.2, 0.25) is 5.95 Å². The maximum Gasteiger partial charge on any atom is 0.419 e. The van der Waals surface area contributed by atoms with Gasteiger partial charge in [0.15, 0.2) is 0 Å². The number of aromatic nitrogens is 2. The Bertz CT molecular complexity index is 876. The van der Waals surface area contributed by atoms with Crippen molar-refractivity contribution in [3.8, 4) is 0 Å². The van der Waals surface area contributed by atoms with Gasteiger partial charge < -0.3 is 15.1 Å². The average Bonchev–Trinajstić information content (AvgIpc) is 2.62. The van der Waals surface area contributed by atoms with Gasteiger partial charge in [-0.1, -0.05) is 6.07 Å². The molecule has 0 saturated carbocycles. The first-order valence-electron chi connectivity index (χ1n) is 8.91. The van der Waals surface area contributed by atoms with Gasteiger partial charge >= 0.3 is 6.18 Å². The molecule has 0 unspecified atom stereocenters. The van der Waals surface area contributed by atoms with Crippen molar-refractivity contribution in [3.05, 3.63) is 46.8 Å². The largest absolute Gasteiger partial charge is 0.419 e. The van der Waals surface area contributed by atoms with E-state index in [1.165, 1.54) is 6.92 Å². The van der Waals surface area contributed by atoms with E-state index in [0.29, 0.717) is 24.3 Å². The van der Waals surface area contributed by atoms with Gasteiger partial charge in [-0.3, -0.25) is 4.79 Å². The lowest BCUT2D eigenvalue weighted by atomic mass is 10.1. The number of nitrogens with zero attached hydrogens (tertiary/aromatic N) is 4. The van der Waals surface area contributed by atoms with Gasteiger partial charge in [-0.05, 0) is 38.6 Å². The van der Waals surface area contributed by atoms with Crippen molar-refractivity contribution in [2.75, 3.05) is 38.5 Å². The Morgan fingerprint density at radius 1 is 1.14 bits per heavy atom. The molecule has 150 valence electrons. The van der Waals surface area contributed by atoms with E-state index in [1.54, 1.807) is 18.2 Å². The number of carbonyl (C=O) groups excluding carboxylic acids is 1. The summed E-state index contributed by atoms with van der Waals surface area (Å²) in [5.74, 6) is -0.00822. The fraction of sp³-hybridized carbons (Fsp3) is 0.421. The molecule has 0 aliphatic carbocycles. The fourth-order valence-electron chi connectivity index (χ4n) is 3.04. The smallest absolute Gasteiger partial charge is 0.336 e. The van der Waals surface area contributed by atoms with E-state index < -0.39 is 11.7 Å². The molecule has 1 fully saturated rings. The normalized spacial score (nSPS) is 15.6. The first-order chi connectivity index (χ1) is 13.1. The molecular weight excluding hydrogens is 371 g/mol. The number of carbonyl (C=O) groups is 1. The quantitative estimate of drug-likeness (QED) is 0.868. The molecule has 0 atom stereocenters. The summed E-state index contributed by atoms with van der Waals surface area (Å²) in [5.41, 5.74) is 0.901. The molecule has 28 heavy (non-hydrogen) atoms.